The Bertz CT molecular complexity index is 1280. The first-order chi connectivity index (χ1) is 20.2. The SMILES string of the molecule is CC(C)C.CCN(CC(=O)N1CC(C(=O)Nc2ccccc2)CC1C#N)C(=O)C(C)NC(=O)c1ccc(C(C)(C)C)cc1. The summed E-state index contributed by atoms with van der Waals surface area (Å²) >= 11 is 0. The van der Waals surface area contributed by atoms with Gasteiger partial charge in [-0.25, -0.2) is 0 Å². The van der Waals surface area contributed by atoms with Crippen molar-refractivity contribution in [3.8, 4) is 6.07 Å². The van der Waals surface area contributed by atoms with Gasteiger partial charge in [-0.3, -0.25) is 19.2 Å². The number of nitrogens with one attached hydrogen (secondary N) is 2. The van der Waals surface area contributed by atoms with Crippen LogP contribution in [0.4, 0.5) is 5.69 Å². The molecule has 1 aliphatic rings. The van der Waals surface area contributed by atoms with Crippen LogP contribution in [0.2, 0.25) is 0 Å². The Morgan fingerprint density at radius 2 is 1.58 bits per heavy atom. The highest BCUT2D eigenvalue weighted by Crippen LogP contribution is 2.25. The zero-order valence-corrected chi connectivity index (χ0v) is 26.8. The maximum absolute atomic E-state index is 13.2. The van der Waals surface area contributed by atoms with Crippen molar-refractivity contribution in [2.75, 3.05) is 25.0 Å². The molecule has 0 aliphatic carbocycles. The van der Waals surface area contributed by atoms with E-state index in [0.717, 1.165) is 11.5 Å². The Morgan fingerprint density at radius 3 is 2.09 bits per heavy atom. The molecule has 0 radical (unpaired) electrons. The van der Waals surface area contributed by atoms with Crippen molar-refractivity contribution in [1.82, 2.24) is 15.1 Å². The number of para-hydroxylation sites is 1. The van der Waals surface area contributed by atoms with Crippen LogP contribution in [-0.4, -0.2) is 65.1 Å². The number of rotatable bonds is 8. The fourth-order valence-corrected chi connectivity index (χ4v) is 4.53. The summed E-state index contributed by atoms with van der Waals surface area (Å²) in [7, 11) is 0. The van der Waals surface area contributed by atoms with E-state index < -0.39 is 29.8 Å². The molecule has 0 bridgehead atoms. The molecule has 1 fully saturated rings. The Labute approximate surface area is 256 Å². The number of carbonyl (C=O) groups excluding carboxylic acids is 4. The van der Waals surface area contributed by atoms with Crippen molar-refractivity contribution in [3.63, 3.8) is 0 Å². The molecule has 0 spiro atoms. The Morgan fingerprint density at radius 1 is 1.00 bits per heavy atom. The molecule has 43 heavy (non-hydrogen) atoms. The average molecular weight is 590 g/mol. The minimum Gasteiger partial charge on any atom is -0.341 e. The maximum atomic E-state index is 13.2. The number of nitrogens with zero attached hydrogens (tertiary/aromatic N) is 3. The predicted molar refractivity (Wildman–Crippen MR) is 169 cm³/mol. The minimum absolute atomic E-state index is 0.0436. The minimum atomic E-state index is -0.859. The van der Waals surface area contributed by atoms with Crippen molar-refractivity contribution in [2.45, 2.75) is 79.3 Å². The normalized spacial score (nSPS) is 16.8. The van der Waals surface area contributed by atoms with E-state index in [1.165, 1.54) is 9.80 Å². The van der Waals surface area contributed by atoms with Crippen molar-refractivity contribution in [3.05, 3.63) is 65.7 Å². The van der Waals surface area contributed by atoms with Gasteiger partial charge in [-0.15, -0.1) is 0 Å². The van der Waals surface area contributed by atoms with Crippen LogP contribution in [0.5, 0.6) is 0 Å². The molecule has 0 aromatic heterocycles. The second-order valence-corrected chi connectivity index (χ2v) is 12.6. The molecule has 1 aliphatic heterocycles. The van der Waals surface area contributed by atoms with E-state index in [4.69, 9.17) is 0 Å². The van der Waals surface area contributed by atoms with Gasteiger partial charge in [0.15, 0.2) is 0 Å². The largest absolute Gasteiger partial charge is 0.341 e. The van der Waals surface area contributed by atoms with Gasteiger partial charge in [-0.1, -0.05) is 71.9 Å². The lowest BCUT2D eigenvalue weighted by atomic mass is 9.86. The van der Waals surface area contributed by atoms with Crippen LogP contribution in [0.15, 0.2) is 54.6 Å². The third-order valence-corrected chi connectivity index (χ3v) is 6.93. The molecule has 2 N–H and O–H groups in total. The van der Waals surface area contributed by atoms with Crippen LogP contribution in [0.25, 0.3) is 0 Å². The molecule has 3 unspecified atom stereocenters. The second kappa shape index (κ2) is 15.9. The van der Waals surface area contributed by atoms with Crippen molar-refractivity contribution < 1.29 is 19.2 Å². The molecule has 2 aromatic rings. The predicted octanol–water partition coefficient (Wildman–Crippen LogP) is 4.99. The van der Waals surface area contributed by atoms with Crippen LogP contribution in [0, 0.1) is 23.2 Å². The molecular weight excluding hydrogens is 542 g/mol. The number of anilines is 1. The van der Waals surface area contributed by atoms with Gasteiger partial charge in [0.25, 0.3) is 5.91 Å². The van der Waals surface area contributed by atoms with Gasteiger partial charge in [0.2, 0.25) is 17.7 Å². The summed E-state index contributed by atoms with van der Waals surface area (Å²) in [6.07, 6.45) is 0.224. The number of likely N-dealkylation sites (tertiary alicyclic amines) is 1. The number of benzene rings is 2. The molecule has 232 valence electrons. The quantitative estimate of drug-likeness (QED) is 0.449. The van der Waals surface area contributed by atoms with Crippen LogP contribution >= 0.6 is 0 Å². The van der Waals surface area contributed by atoms with Crippen LogP contribution < -0.4 is 10.6 Å². The standard InChI is InChI=1S/C30H37N5O4.C4H10/c1-6-34(29(39)20(2)32-27(37)21-12-14-23(15-13-21)30(3,4)5)19-26(36)35-18-22(16-25(35)17-31)28(38)33-24-10-8-7-9-11-24;1-4(2)3/h7-15,20,22,25H,6,16,18-19H2,1-5H3,(H,32,37)(H,33,38);4H,1-3H3. The number of carbonyl (C=O) groups is 4. The Hall–Kier alpha value is -4.19. The summed E-state index contributed by atoms with van der Waals surface area (Å²) < 4.78 is 0. The van der Waals surface area contributed by atoms with Crippen molar-refractivity contribution in [1.29, 1.82) is 5.26 Å². The molecular formula is C34H47N5O4. The van der Waals surface area contributed by atoms with Gasteiger partial charge in [0, 0.05) is 24.3 Å². The third kappa shape index (κ3) is 10.5. The van der Waals surface area contributed by atoms with Gasteiger partial charge in [0.1, 0.15) is 12.1 Å². The van der Waals surface area contributed by atoms with Gasteiger partial charge in [0.05, 0.1) is 18.5 Å². The molecule has 3 rings (SSSR count). The number of hydrogen-bond donors (Lipinski definition) is 2. The molecule has 2 aromatic carbocycles. The first-order valence-electron chi connectivity index (χ1n) is 14.9. The maximum Gasteiger partial charge on any atom is 0.251 e. The third-order valence-electron chi connectivity index (χ3n) is 6.93. The van der Waals surface area contributed by atoms with Crippen LogP contribution in [0.3, 0.4) is 0 Å². The van der Waals surface area contributed by atoms with E-state index >= 15 is 0 Å². The van der Waals surface area contributed by atoms with E-state index in [2.05, 4.69) is 58.2 Å². The van der Waals surface area contributed by atoms with Gasteiger partial charge < -0.3 is 20.4 Å². The zero-order chi connectivity index (χ0) is 32.3. The topological polar surface area (TPSA) is 123 Å². The molecule has 4 amide bonds. The van der Waals surface area contributed by atoms with Crippen LogP contribution in [-0.2, 0) is 19.8 Å². The highest BCUT2D eigenvalue weighted by atomic mass is 16.2. The highest BCUT2D eigenvalue weighted by molar-refractivity contribution is 5.98. The van der Waals surface area contributed by atoms with E-state index in [1.54, 1.807) is 50.2 Å². The first-order valence-corrected chi connectivity index (χ1v) is 14.9. The van der Waals surface area contributed by atoms with Crippen molar-refractivity contribution in [2.24, 2.45) is 11.8 Å². The number of amides is 4. The molecule has 3 atom stereocenters. The van der Waals surface area contributed by atoms with Crippen LogP contribution in [0.1, 0.15) is 77.7 Å². The summed E-state index contributed by atoms with van der Waals surface area (Å²) in [4.78, 5) is 54.5. The molecule has 1 heterocycles. The van der Waals surface area contributed by atoms with E-state index in [-0.39, 0.29) is 43.3 Å². The summed E-state index contributed by atoms with van der Waals surface area (Å²) in [6.45, 7) is 16.2. The summed E-state index contributed by atoms with van der Waals surface area (Å²) in [6, 6.07) is 16.7. The smallest absolute Gasteiger partial charge is 0.251 e. The molecule has 0 saturated carbocycles. The van der Waals surface area contributed by atoms with Gasteiger partial charge in [-0.05, 0) is 61.4 Å². The lowest BCUT2D eigenvalue weighted by molar-refractivity contribution is -0.141. The highest BCUT2D eigenvalue weighted by Gasteiger charge is 2.39. The molecule has 9 heteroatoms. The Balaban J connectivity index is 0.00000151. The summed E-state index contributed by atoms with van der Waals surface area (Å²) in [5.74, 6) is -1.16. The second-order valence-electron chi connectivity index (χ2n) is 12.6. The average Bonchev–Trinajstić information content (AvgIpc) is 3.40. The summed E-state index contributed by atoms with van der Waals surface area (Å²) in [5, 5.41) is 15.2. The Kier molecular flexibility index (Phi) is 12.9. The van der Waals surface area contributed by atoms with Crippen molar-refractivity contribution >= 4 is 29.3 Å². The number of hydrogen-bond acceptors (Lipinski definition) is 5. The summed E-state index contributed by atoms with van der Waals surface area (Å²) in [5.41, 5.74) is 2.13. The zero-order valence-electron chi connectivity index (χ0n) is 26.8. The number of nitriles is 1. The molecule has 9 nitrogen and oxygen atoms in total. The van der Waals surface area contributed by atoms with Gasteiger partial charge in [-0.2, -0.15) is 5.26 Å². The number of likely N-dealkylation sites (N-methyl/N-ethyl adjacent to an activating group) is 1. The van der Waals surface area contributed by atoms with E-state index in [9.17, 15) is 24.4 Å². The monoisotopic (exact) mass is 589 g/mol. The van der Waals surface area contributed by atoms with E-state index in [1.807, 2.05) is 18.2 Å². The lowest BCUT2D eigenvalue weighted by Crippen LogP contribution is -2.51. The van der Waals surface area contributed by atoms with Gasteiger partial charge >= 0.3 is 0 Å². The first kappa shape index (κ1) is 35.0. The molecule has 1 saturated heterocycles. The fraction of sp³-hybridized carbons (Fsp3) is 0.500. The fourth-order valence-electron chi connectivity index (χ4n) is 4.53. The van der Waals surface area contributed by atoms with E-state index in [0.29, 0.717) is 11.3 Å². The lowest BCUT2D eigenvalue weighted by Gasteiger charge is -2.28.